The molecule has 3 N–H and O–H groups in total. The van der Waals surface area contributed by atoms with Gasteiger partial charge in [0.25, 0.3) is 5.91 Å². The van der Waals surface area contributed by atoms with Crippen LogP contribution in [0.15, 0.2) is 42.6 Å². The molecule has 6 heterocycles. The first kappa shape index (κ1) is 28.6. The maximum absolute atomic E-state index is 14.3. The zero-order valence-corrected chi connectivity index (χ0v) is 25.8. The molecule has 11 nitrogen and oxygen atoms in total. The van der Waals surface area contributed by atoms with E-state index in [0.717, 1.165) is 51.4 Å². The molecule has 0 unspecified atom stereocenters. The number of aryl methyl sites for hydroxylation is 2. The second kappa shape index (κ2) is 10.9. The van der Waals surface area contributed by atoms with Gasteiger partial charge in [0.05, 0.1) is 30.6 Å². The highest BCUT2D eigenvalue weighted by molar-refractivity contribution is 6.00. The van der Waals surface area contributed by atoms with Crippen molar-refractivity contribution in [2.45, 2.75) is 50.9 Å². The molecule has 2 amide bonds. The minimum atomic E-state index is -1.14. The van der Waals surface area contributed by atoms with Crippen LogP contribution in [0.5, 0.6) is 5.75 Å². The van der Waals surface area contributed by atoms with E-state index < -0.39 is 12.2 Å². The monoisotopic (exact) mass is 622 g/mol. The van der Waals surface area contributed by atoms with Gasteiger partial charge < -0.3 is 29.8 Å². The number of rotatable bonds is 6. The van der Waals surface area contributed by atoms with Crippen LogP contribution in [0.25, 0.3) is 44.8 Å². The van der Waals surface area contributed by atoms with E-state index in [0.29, 0.717) is 48.0 Å². The fourth-order valence-corrected chi connectivity index (χ4v) is 6.85. The lowest BCUT2D eigenvalue weighted by Gasteiger charge is -2.33. The van der Waals surface area contributed by atoms with E-state index >= 15 is 0 Å². The smallest absolute Gasteiger partial charge is 0.254 e. The van der Waals surface area contributed by atoms with Crippen LogP contribution in [0, 0.1) is 5.92 Å². The summed E-state index contributed by atoms with van der Waals surface area (Å²) in [7, 11) is 3.52. The number of carbonyl (C=O) groups is 2. The molecular weight excluding hydrogens is 587 g/mol. The number of nitrogens with one attached hydrogen (secondary N) is 1. The minimum absolute atomic E-state index is 0.0122. The van der Waals surface area contributed by atoms with Gasteiger partial charge in [0.2, 0.25) is 5.91 Å². The summed E-state index contributed by atoms with van der Waals surface area (Å²) in [4.78, 5) is 41.5. The number of aromatic nitrogens is 5. The number of likely N-dealkylation sites (tertiary alicyclic amines) is 1. The molecule has 4 aromatic heterocycles. The molecule has 236 valence electrons. The summed E-state index contributed by atoms with van der Waals surface area (Å²) in [5.41, 5.74) is 12.3. The summed E-state index contributed by atoms with van der Waals surface area (Å²) < 4.78 is 24.3. The van der Waals surface area contributed by atoms with Gasteiger partial charge in [-0.2, -0.15) is 0 Å². The number of alkyl halides is 1. The predicted octanol–water partition coefficient (Wildman–Crippen LogP) is 4.47. The average Bonchev–Trinajstić information content (AvgIpc) is 3.72. The van der Waals surface area contributed by atoms with Crippen molar-refractivity contribution in [3.05, 3.63) is 53.7 Å². The number of hydrogen-bond donors (Lipinski definition) is 2. The van der Waals surface area contributed by atoms with Gasteiger partial charge in [0.15, 0.2) is 5.82 Å². The quantitative estimate of drug-likeness (QED) is 0.286. The van der Waals surface area contributed by atoms with Crippen molar-refractivity contribution in [1.29, 1.82) is 0 Å². The van der Waals surface area contributed by atoms with Crippen LogP contribution in [0.4, 0.5) is 10.2 Å². The fourth-order valence-electron chi connectivity index (χ4n) is 6.85. The molecule has 1 saturated carbocycles. The second-order valence-corrected chi connectivity index (χ2v) is 12.8. The van der Waals surface area contributed by atoms with E-state index in [9.17, 15) is 14.0 Å². The van der Waals surface area contributed by atoms with Crippen molar-refractivity contribution < 1.29 is 18.7 Å². The van der Waals surface area contributed by atoms with Gasteiger partial charge in [-0.1, -0.05) is 0 Å². The molecular formula is C34H35FN8O3. The summed E-state index contributed by atoms with van der Waals surface area (Å²) in [6.07, 6.45) is 4.30. The first-order valence-electron chi connectivity index (χ1n) is 15.8. The zero-order valence-electron chi connectivity index (χ0n) is 25.8. The number of methoxy groups -OCH3 is 1. The Hall–Kier alpha value is -4.84. The SMILES string of the molecule is COc1cc(C(=O)N2C[C@H](N)C[C@@H](F)C2)cc2nc(-c3cc4ccc(-c5cnc6c(c5)CCC(=O)N6)nc4n3CC3CC3)n(C)c12. The number of fused-ring (bicyclic) bond motifs is 3. The summed E-state index contributed by atoms with van der Waals surface area (Å²) in [5.74, 6) is 2.13. The third-order valence-corrected chi connectivity index (χ3v) is 9.37. The molecule has 0 radical (unpaired) electrons. The van der Waals surface area contributed by atoms with Crippen LogP contribution in [-0.2, 0) is 24.8 Å². The van der Waals surface area contributed by atoms with Crippen molar-refractivity contribution in [1.82, 2.24) is 29.0 Å². The Labute approximate surface area is 264 Å². The van der Waals surface area contributed by atoms with Crippen LogP contribution in [0.3, 0.4) is 0 Å². The fraction of sp³-hybridized carbons (Fsp3) is 0.382. The molecule has 12 heteroatoms. The van der Waals surface area contributed by atoms with Crippen molar-refractivity contribution in [2.75, 3.05) is 25.5 Å². The summed E-state index contributed by atoms with van der Waals surface area (Å²) in [6.45, 7) is 1.14. The number of ether oxygens (including phenoxy) is 1. The van der Waals surface area contributed by atoms with E-state index in [2.05, 4.69) is 33.1 Å². The van der Waals surface area contributed by atoms with E-state index in [-0.39, 0.29) is 24.8 Å². The van der Waals surface area contributed by atoms with Crippen molar-refractivity contribution in [3.63, 3.8) is 0 Å². The highest BCUT2D eigenvalue weighted by atomic mass is 19.1. The largest absolute Gasteiger partial charge is 0.494 e. The van der Waals surface area contributed by atoms with Crippen LogP contribution >= 0.6 is 0 Å². The highest BCUT2D eigenvalue weighted by Gasteiger charge is 2.31. The Balaban J connectivity index is 1.21. The topological polar surface area (TPSA) is 133 Å². The number of halogens is 1. The second-order valence-electron chi connectivity index (χ2n) is 12.8. The van der Waals surface area contributed by atoms with Crippen molar-refractivity contribution in [2.24, 2.45) is 18.7 Å². The number of hydrogen-bond acceptors (Lipinski definition) is 7. The Kier molecular flexibility index (Phi) is 6.78. The molecule has 2 atom stereocenters. The molecule has 46 heavy (non-hydrogen) atoms. The van der Waals surface area contributed by atoms with Gasteiger partial charge in [-0.3, -0.25) is 9.59 Å². The summed E-state index contributed by atoms with van der Waals surface area (Å²) in [5, 5.41) is 3.84. The standard InChI is InChI=1S/C34H35FN8O3/c1-41-30-26(10-21(12-28(30)46-2)34(45)42-16-23(35)13-24(36)17-42)39-33(41)27-11-20-5-7-25(38-32(20)43(27)15-18-3-4-18)22-9-19-6-8-29(44)40-31(19)37-14-22/h5,7,9-12,14,18,23-24H,3-4,6,8,13,15-17,36H2,1-2H3,(H,37,40,44)/t23-,24-/m1/s1. The van der Waals surface area contributed by atoms with Crippen LogP contribution in [0.2, 0.25) is 0 Å². The number of anilines is 1. The normalized spacial score (nSPS) is 19.8. The maximum atomic E-state index is 14.3. The predicted molar refractivity (Wildman–Crippen MR) is 172 cm³/mol. The van der Waals surface area contributed by atoms with Gasteiger partial charge in [0, 0.05) is 55.3 Å². The number of amides is 2. The molecule has 3 aliphatic rings. The first-order valence-corrected chi connectivity index (χ1v) is 15.8. The first-order chi connectivity index (χ1) is 22.2. The Bertz CT molecular complexity index is 2040. The van der Waals surface area contributed by atoms with E-state index in [1.54, 1.807) is 25.4 Å². The maximum Gasteiger partial charge on any atom is 0.254 e. The van der Waals surface area contributed by atoms with Crippen molar-refractivity contribution in [3.8, 4) is 28.5 Å². The molecule has 8 rings (SSSR count). The van der Waals surface area contributed by atoms with Gasteiger partial charge in [-0.05, 0) is 73.6 Å². The number of nitrogens with zero attached hydrogens (tertiary/aromatic N) is 6. The zero-order chi connectivity index (χ0) is 31.7. The van der Waals surface area contributed by atoms with Crippen LogP contribution < -0.4 is 15.8 Å². The van der Waals surface area contributed by atoms with Crippen LogP contribution in [-0.4, -0.2) is 73.2 Å². The average molecular weight is 623 g/mol. The number of nitrogens with two attached hydrogens (primary N) is 1. The summed E-state index contributed by atoms with van der Waals surface area (Å²) >= 11 is 0. The molecule has 2 fully saturated rings. The lowest BCUT2D eigenvalue weighted by atomic mass is 10.0. The number of pyridine rings is 2. The molecule has 0 bridgehead atoms. The lowest BCUT2D eigenvalue weighted by molar-refractivity contribution is -0.116. The van der Waals surface area contributed by atoms with Gasteiger partial charge in [0.1, 0.15) is 28.9 Å². The molecule has 2 aliphatic heterocycles. The molecule has 5 aromatic rings. The molecule has 0 spiro atoms. The molecule has 1 aliphatic carbocycles. The van der Waals surface area contributed by atoms with Gasteiger partial charge in [-0.15, -0.1) is 0 Å². The van der Waals surface area contributed by atoms with E-state index in [1.165, 1.54) is 17.7 Å². The Morgan fingerprint density at radius 2 is 1.98 bits per heavy atom. The number of imidazole rings is 1. The number of piperidine rings is 1. The molecule has 1 saturated heterocycles. The third-order valence-electron chi connectivity index (χ3n) is 9.37. The van der Waals surface area contributed by atoms with E-state index in [4.69, 9.17) is 20.4 Å². The van der Waals surface area contributed by atoms with Gasteiger partial charge in [-0.25, -0.2) is 19.3 Å². The Morgan fingerprint density at radius 1 is 1.13 bits per heavy atom. The number of benzene rings is 1. The van der Waals surface area contributed by atoms with Crippen LogP contribution in [0.1, 0.15) is 41.6 Å². The minimum Gasteiger partial charge on any atom is -0.494 e. The Morgan fingerprint density at radius 3 is 2.76 bits per heavy atom. The van der Waals surface area contributed by atoms with E-state index in [1.807, 2.05) is 17.7 Å². The summed E-state index contributed by atoms with van der Waals surface area (Å²) in [6, 6.07) is 11.3. The molecule has 1 aromatic carbocycles. The number of carbonyl (C=O) groups excluding carboxylic acids is 2. The van der Waals surface area contributed by atoms with Gasteiger partial charge >= 0.3 is 0 Å². The third kappa shape index (κ3) is 4.97. The highest BCUT2D eigenvalue weighted by Crippen LogP contribution is 2.38. The van der Waals surface area contributed by atoms with Crippen molar-refractivity contribution >= 4 is 39.7 Å². The lowest BCUT2D eigenvalue weighted by Crippen LogP contribution is -2.50.